The Hall–Kier alpha value is -3.80. The molecule has 0 unspecified atom stereocenters. The standard InChI is InChI=1S/C19H20ClNO3.C18H21ClN2O3S/c1-21-8-7-14-9-17(20)18(24-2)10-15(14)16(11-21)12-3-5-13(6-4-12)19(22)23;1-21-8-7-13-9-17(19)18(22)10-15(13)16(11-21)12-3-5-14(6-4-12)20-25(2,23)24/h3-6,9-10,16H,7-8,11H2,1-2H3,(H,22,23);3-6,9-10,16,20,22H,7-8,11H2,1-2H3/t2*16-/m11/s1. The molecule has 49 heavy (non-hydrogen) atoms. The summed E-state index contributed by atoms with van der Waals surface area (Å²) < 4.78 is 30.6. The number of sulfonamides is 1. The van der Waals surface area contributed by atoms with E-state index in [9.17, 15) is 18.3 Å². The van der Waals surface area contributed by atoms with Gasteiger partial charge in [-0.05, 0) is 109 Å². The molecule has 12 heteroatoms. The lowest BCUT2D eigenvalue weighted by Gasteiger charge is -2.22. The van der Waals surface area contributed by atoms with Crippen molar-refractivity contribution in [2.24, 2.45) is 0 Å². The van der Waals surface area contributed by atoms with Gasteiger partial charge in [-0.2, -0.15) is 0 Å². The van der Waals surface area contributed by atoms with E-state index in [0.717, 1.165) is 67.5 Å². The predicted octanol–water partition coefficient (Wildman–Crippen LogP) is 6.70. The van der Waals surface area contributed by atoms with Crippen LogP contribution in [0.3, 0.4) is 0 Å². The zero-order chi connectivity index (χ0) is 35.5. The molecule has 0 fully saturated rings. The number of anilines is 1. The number of carboxylic acids is 1. The SMILES string of the molecule is CN1CCc2cc(Cl)c(O)cc2[C@@H](c2ccc(NS(C)(=O)=O)cc2)C1.COc1cc2c(cc1Cl)CCN(C)C[C@@H]2c1ccc(C(=O)O)cc1. The summed E-state index contributed by atoms with van der Waals surface area (Å²) in [7, 11) is 2.49. The zero-order valence-corrected chi connectivity index (χ0v) is 30.2. The molecule has 2 aliphatic heterocycles. The Morgan fingerprint density at radius 3 is 1.80 bits per heavy atom. The molecule has 2 heterocycles. The number of carbonyl (C=O) groups is 1. The van der Waals surface area contributed by atoms with Gasteiger partial charge in [0.2, 0.25) is 10.0 Å². The van der Waals surface area contributed by atoms with E-state index in [1.165, 1.54) is 11.1 Å². The van der Waals surface area contributed by atoms with Crippen molar-refractivity contribution in [2.75, 3.05) is 58.4 Å². The van der Waals surface area contributed by atoms with Crippen molar-refractivity contribution < 1.29 is 28.2 Å². The van der Waals surface area contributed by atoms with E-state index in [1.807, 2.05) is 42.5 Å². The summed E-state index contributed by atoms with van der Waals surface area (Å²) in [5.41, 5.74) is 7.61. The fourth-order valence-corrected chi connectivity index (χ4v) is 7.53. The summed E-state index contributed by atoms with van der Waals surface area (Å²) in [6, 6.07) is 22.1. The highest BCUT2D eigenvalue weighted by molar-refractivity contribution is 7.92. The summed E-state index contributed by atoms with van der Waals surface area (Å²) in [5, 5.41) is 20.1. The Kier molecular flexibility index (Phi) is 11.5. The van der Waals surface area contributed by atoms with Crippen LogP contribution < -0.4 is 9.46 Å². The van der Waals surface area contributed by atoms with Gasteiger partial charge in [-0.3, -0.25) is 4.72 Å². The number of hydrogen-bond donors (Lipinski definition) is 3. The van der Waals surface area contributed by atoms with Gasteiger partial charge in [0.25, 0.3) is 0 Å². The molecule has 9 nitrogen and oxygen atoms in total. The van der Waals surface area contributed by atoms with Crippen molar-refractivity contribution in [3.63, 3.8) is 0 Å². The number of rotatable bonds is 6. The van der Waals surface area contributed by atoms with Crippen LogP contribution in [-0.4, -0.2) is 88.0 Å². The summed E-state index contributed by atoms with van der Waals surface area (Å²) in [6.07, 6.45) is 2.93. The smallest absolute Gasteiger partial charge is 0.335 e. The van der Waals surface area contributed by atoms with E-state index in [4.69, 9.17) is 33.0 Å². The van der Waals surface area contributed by atoms with Gasteiger partial charge in [-0.15, -0.1) is 0 Å². The van der Waals surface area contributed by atoms with Gasteiger partial charge in [-0.1, -0.05) is 47.5 Å². The Balaban J connectivity index is 0.000000191. The highest BCUT2D eigenvalue weighted by atomic mass is 35.5. The van der Waals surface area contributed by atoms with Crippen molar-refractivity contribution >= 4 is 44.9 Å². The van der Waals surface area contributed by atoms with Crippen LogP contribution in [0.4, 0.5) is 5.69 Å². The van der Waals surface area contributed by atoms with Crippen molar-refractivity contribution in [3.8, 4) is 11.5 Å². The molecule has 0 saturated heterocycles. The molecule has 3 N–H and O–H groups in total. The molecule has 0 aliphatic carbocycles. The molecule has 0 aromatic heterocycles. The van der Waals surface area contributed by atoms with Crippen LogP contribution in [0.1, 0.15) is 55.6 Å². The maximum atomic E-state index is 11.4. The molecule has 0 amide bonds. The molecular formula is C37H41Cl2N3O6S. The van der Waals surface area contributed by atoms with Gasteiger partial charge in [0.15, 0.2) is 0 Å². The number of phenolic OH excluding ortho intramolecular Hbond substituents is 1. The van der Waals surface area contributed by atoms with Crippen LogP contribution in [0, 0.1) is 0 Å². The van der Waals surface area contributed by atoms with Crippen LogP contribution in [-0.2, 0) is 22.9 Å². The number of fused-ring (bicyclic) bond motifs is 2. The average molecular weight is 727 g/mol. The first-order valence-electron chi connectivity index (χ1n) is 15.9. The molecular weight excluding hydrogens is 685 g/mol. The number of carboxylic acid groups (broad SMARTS) is 1. The van der Waals surface area contributed by atoms with E-state index < -0.39 is 16.0 Å². The number of methoxy groups -OCH3 is 1. The third-order valence-corrected chi connectivity index (χ3v) is 10.3. The fourth-order valence-electron chi connectivity index (χ4n) is 6.52. The quantitative estimate of drug-likeness (QED) is 0.201. The Morgan fingerprint density at radius 1 is 0.816 bits per heavy atom. The minimum atomic E-state index is -3.29. The number of nitrogens with zero attached hydrogens (tertiary/aromatic N) is 2. The van der Waals surface area contributed by atoms with Crippen molar-refractivity contribution in [3.05, 3.63) is 122 Å². The second-order valence-corrected chi connectivity index (χ2v) is 15.3. The molecule has 0 radical (unpaired) electrons. The molecule has 2 atom stereocenters. The molecule has 0 spiro atoms. The lowest BCUT2D eigenvalue weighted by atomic mass is 9.87. The fraction of sp³-hybridized carbons (Fsp3) is 0.324. The molecule has 0 saturated carbocycles. The number of hydrogen-bond acceptors (Lipinski definition) is 7. The van der Waals surface area contributed by atoms with Crippen LogP contribution in [0.25, 0.3) is 0 Å². The lowest BCUT2D eigenvalue weighted by molar-refractivity contribution is 0.0697. The number of phenols is 1. The number of likely N-dealkylation sites (N-methyl/N-ethyl adjacent to an activating group) is 2. The maximum Gasteiger partial charge on any atom is 0.335 e. The van der Waals surface area contributed by atoms with E-state index in [2.05, 4.69) is 28.6 Å². The number of aromatic carboxylic acids is 1. The van der Waals surface area contributed by atoms with Crippen molar-refractivity contribution in [1.82, 2.24) is 9.80 Å². The van der Waals surface area contributed by atoms with E-state index >= 15 is 0 Å². The molecule has 0 bridgehead atoms. The van der Waals surface area contributed by atoms with Gasteiger partial charge < -0.3 is 24.7 Å². The second kappa shape index (κ2) is 15.4. The van der Waals surface area contributed by atoms with Gasteiger partial charge in [0.05, 0.1) is 29.0 Å². The largest absolute Gasteiger partial charge is 0.506 e. The van der Waals surface area contributed by atoms with Crippen molar-refractivity contribution in [2.45, 2.75) is 24.7 Å². The first kappa shape index (κ1) is 36.5. The number of ether oxygens (including phenoxy) is 1. The maximum absolute atomic E-state index is 11.4. The topological polar surface area (TPSA) is 119 Å². The average Bonchev–Trinajstić information content (AvgIpc) is 3.31. The van der Waals surface area contributed by atoms with Crippen molar-refractivity contribution in [1.29, 1.82) is 0 Å². The van der Waals surface area contributed by atoms with Crippen LogP contribution >= 0.6 is 23.2 Å². The highest BCUT2D eigenvalue weighted by Crippen LogP contribution is 2.38. The zero-order valence-electron chi connectivity index (χ0n) is 27.9. The molecule has 4 aromatic carbocycles. The summed E-state index contributed by atoms with van der Waals surface area (Å²) in [6.45, 7) is 3.55. The normalized spacial score (nSPS) is 18.2. The van der Waals surface area contributed by atoms with Gasteiger partial charge in [0.1, 0.15) is 11.5 Å². The minimum absolute atomic E-state index is 0.0814. The van der Waals surface area contributed by atoms with Gasteiger partial charge in [-0.25, -0.2) is 13.2 Å². The minimum Gasteiger partial charge on any atom is -0.506 e. The second-order valence-electron chi connectivity index (χ2n) is 12.7. The Labute approximate surface area is 298 Å². The molecule has 2 aliphatic rings. The first-order chi connectivity index (χ1) is 23.2. The summed E-state index contributed by atoms with van der Waals surface area (Å²) in [5.74, 6) is 0.0882. The Morgan fingerprint density at radius 2 is 1.31 bits per heavy atom. The van der Waals surface area contributed by atoms with Gasteiger partial charge in [0, 0.05) is 43.7 Å². The van der Waals surface area contributed by atoms with E-state index in [1.54, 1.807) is 37.4 Å². The van der Waals surface area contributed by atoms with E-state index in [-0.39, 0.29) is 17.6 Å². The summed E-state index contributed by atoms with van der Waals surface area (Å²) in [4.78, 5) is 15.6. The summed E-state index contributed by atoms with van der Waals surface area (Å²) >= 11 is 12.4. The van der Waals surface area contributed by atoms with Gasteiger partial charge >= 0.3 is 5.97 Å². The number of halogens is 2. The van der Waals surface area contributed by atoms with E-state index in [0.29, 0.717) is 27.0 Å². The third-order valence-electron chi connectivity index (χ3n) is 9.06. The number of nitrogens with one attached hydrogen (secondary N) is 1. The number of benzene rings is 4. The number of aromatic hydroxyl groups is 1. The molecule has 6 rings (SSSR count). The molecule has 4 aromatic rings. The van der Waals surface area contributed by atoms with Crippen LogP contribution in [0.2, 0.25) is 10.0 Å². The van der Waals surface area contributed by atoms with Crippen LogP contribution in [0.5, 0.6) is 11.5 Å². The predicted molar refractivity (Wildman–Crippen MR) is 196 cm³/mol. The molecule has 260 valence electrons. The lowest BCUT2D eigenvalue weighted by Crippen LogP contribution is -2.24. The Bertz CT molecular complexity index is 1920. The van der Waals surface area contributed by atoms with Crippen LogP contribution in [0.15, 0.2) is 72.8 Å². The third kappa shape index (κ3) is 9.06. The monoisotopic (exact) mass is 725 g/mol. The first-order valence-corrected chi connectivity index (χ1v) is 18.5. The highest BCUT2D eigenvalue weighted by Gasteiger charge is 2.26.